The summed E-state index contributed by atoms with van der Waals surface area (Å²) in [7, 11) is 0. The van der Waals surface area contributed by atoms with E-state index in [-0.39, 0.29) is 5.38 Å². The van der Waals surface area contributed by atoms with E-state index in [1.165, 1.54) is 22.4 Å². The number of hydrogen-bond acceptors (Lipinski definition) is 1. The highest BCUT2D eigenvalue weighted by Crippen LogP contribution is 2.41. The van der Waals surface area contributed by atoms with Gasteiger partial charge >= 0.3 is 0 Å². The number of aromatic nitrogens is 2. The predicted molar refractivity (Wildman–Crippen MR) is 69.4 cm³/mol. The molecule has 3 rings (SSSR count). The minimum Gasteiger partial charge on any atom is -0.282 e. The van der Waals surface area contributed by atoms with Gasteiger partial charge in [-0.15, -0.1) is 11.6 Å². The van der Waals surface area contributed by atoms with E-state index >= 15 is 0 Å². The van der Waals surface area contributed by atoms with Gasteiger partial charge in [0.25, 0.3) is 0 Å². The Morgan fingerprint density at radius 1 is 1.29 bits per heavy atom. The first-order chi connectivity index (χ1) is 8.25. The zero-order chi connectivity index (χ0) is 11.8. The molecule has 2 aromatic rings. The smallest absolute Gasteiger partial charge is 0.0624 e. The van der Waals surface area contributed by atoms with Gasteiger partial charge in [-0.2, -0.15) is 5.10 Å². The normalized spacial score (nSPS) is 23.4. The Morgan fingerprint density at radius 2 is 2.12 bits per heavy atom. The average molecular weight is 247 g/mol. The van der Waals surface area contributed by atoms with Crippen LogP contribution in [0.4, 0.5) is 0 Å². The van der Waals surface area contributed by atoms with Crippen LogP contribution in [0.15, 0.2) is 30.5 Å². The van der Waals surface area contributed by atoms with Gasteiger partial charge in [0.2, 0.25) is 0 Å². The van der Waals surface area contributed by atoms with E-state index in [2.05, 4.69) is 41.4 Å². The summed E-state index contributed by atoms with van der Waals surface area (Å²) in [6.45, 7) is 2.17. The van der Waals surface area contributed by atoms with Gasteiger partial charge in [-0.3, -0.25) is 5.10 Å². The molecule has 2 unspecified atom stereocenters. The molecule has 2 nitrogen and oxygen atoms in total. The van der Waals surface area contributed by atoms with Crippen LogP contribution in [0.2, 0.25) is 0 Å². The minimum atomic E-state index is 0.0853. The summed E-state index contributed by atoms with van der Waals surface area (Å²) >= 11 is 6.43. The highest BCUT2D eigenvalue weighted by Gasteiger charge is 2.28. The van der Waals surface area contributed by atoms with E-state index in [0.717, 1.165) is 12.8 Å². The molecular weight excluding hydrogens is 232 g/mol. The van der Waals surface area contributed by atoms with Crippen LogP contribution in [-0.2, 0) is 6.42 Å². The number of nitrogens with zero attached hydrogens (tertiary/aromatic N) is 1. The largest absolute Gasteiger partial charge is 0.282 e. The molecule has 1 N–H and O–H groups in total. The summed E-state index contributed by atoms with van der Waals surface area (Å²) in [4.78, 5) is 0. The second-order valence-electron chi connectivity index (χ2n) is 4.76. The Hall–Kier alpha value is -1.28. The fourth-order valence-electron chi connectivity index (χ4n) is 2.74. The van der Waals surface area contributed by atoms with Crippen LogP contribution in [0, 0.1) is 6.92 Å². The first kappa shape index (κ1) is 10.8. The Bertz CT molecular complexity index is 533. The highest BCUT2D eigenvalue weighted by atomic mass is 35.5. The van der Waals surface area contributed by atoms with Gasteiger partial charge in [-0.05, 0) is 36.8 Å². The topological polar surface area (TPSA) is 28.7 Å². The van der Waals surface area contributed by atoms with Crippen LogP contribution in [0.5, 0.6) is 0 Å². The number of aryl methyl sites for hydroxylation is 1. The number of alkyl halides is 1. The van der Waals surface area contributed by atoms with Crippen LogP contribution in [-0.4, -0.2) is 10.2 Å². The summed E-state index contributed by atoms with van der Waals surface area (Å²) in [6.07, 6.45) is 3.88. The summed E-state index contributed by atoms with van der Waals surface area (Å²) in [5, 5.41) is 7.25. The van der Waals surface area contributed by atoms with Crippen molar-refractivity contribution < 1.29 is 0 Å². The van der Waals surface area contributed by atoms with Gasteiger partial charge in [-0.1, -0.05) is 24.3 Å². The molecule has 0 saturated carbocycles. The molecule has 0 fully saturated rings. The number of fused-ring (bicyclic) bond motifs is 1. The molecule has 1 aromatic heterocycles. The van der Waals surface area contributed by atoms with Crippen molar-refractivity contribution >= 4 is 11.6 Å². The zero-order valence-corrected chi connectivity index (χ0v) is 10.5. The van der Waals surface area contributed by atoms with Gasteiger partial charge in [0.15, 0.2) is 0 Å². The van der Waals surface area contributed by atoms with Crippen molar-refractivity contribution in [3.05, 3.63) is 52.8 Å². The third kappa shape index (κ3) is 1.87. The molecule has 1 aliphatic carbocycles. The summed E-state index contributed by atoms with van der Waals surface area (Å²) in [5.74, 6) is 0.506. The number of hydrogen-bond donors (Lipinski definition) is 1. The van der Waals surface area contributed by atoms with Gasteiger partial charge in [0.1, 0.15) is 0 Å². The molecule has 0 amide bonds. The van der Waals surface area contributed by atoms with Crippen molar-refractivity contribution in [3.8, 4) is 0 Å². The lowest BCUT2D eigenvalue weighted by molar-refractivity contribution is 0.563. The van der Waals surface area contributed by atoms with E-state index in [1.807, 2.05) is 6.20 Å². The van der Waals surface area contributed by atoms with Crippen molar-refractivity contribution in [3.63, 3.8) is 0 Å². The molecule has 0 spiro atoms. The molecular formula is C14H15ClN2. The van der Waals surface area contributed by atoms with E-state index in [4.69, 9.17) is 11.6 Å². The maximum atomic E-state index is 6.43. The van der Waals surface area contributed by atoms with E-state index < -0.39 is 0 Å². The Morgan fingerprint density at radius 3 is 2.94 bits per heavy atom. The first-order valence-corrected chi connectivity index (χ1v) is 6.41. The molecule has 3 heteroatoms. The van der Waals surface area contributed by atoms with Crippen LogP contribution < -0.4 is 0 Å². The fourth-order valence-corrected chi connectivity index (χ4v) is 3.15. The second kappa shape index (κ2) is 4.19. The van der Waals surface area contributed by atoms with E-state index in [9.17, 15) is 0 Å². The number of rotatable bonds is 1. The first-order valence-electron chi connectivity index (χ1n) is 5.97. The third-order valence-corrected chi connectivity index (χ3v) is 4.07. The summed E-state index contributed by atoms with van der Waals surface area (Å²) in [5.41, 5.74) is 5.14. The average Bonchev–Trinajstić information content (AvgIpc) is 2.78. The van der Waals surface area contributed by atoms with E-state index in [1.54, 1.807) is 0 Å². The zero-order valence-electron chi connectivity index (χ0n) is 9.78. The van der Waals surface area contributed by atoms with Gasteiger partial charge in [-0.25, -0.2) is 0 Å². The molecule has 1 heterocycles. The summed E-state index contributed by atoms with van der Waals surface area (Å²) in [6, 6.07) is 8.57. The van der Waals surface area contributed by atoms with Gasteiger partial charge in [0, 0.05) is 11.3 Å². The maximum absolute atomic E-state index is 6.43. The summed E-state index contributed by atoms with van der Waals surface area (Å²) < 4.78 is 0. The maximum Gasteiger partial charge on any atom is 0.0624 e. The molecule has 0 bridgehead atoms. The molecule has 0 radical (unpaired) electrons. The fraction of sp³-hybridized carbons (Fsp3) is 0.357. The number of aromatic amines is 1. The Balaban J connectivity index is 1.96. The lowest BCUT2D eigenvalue weighted by Crippen LogP contribution is -2.14. The minimum absolute atomic E-state index is 0.0853. The predicted octanol–water partition coefficient (Wildman–Crippen LogP) is 3.73. The standard InChI is InChI=1S/C14H15ClN2/c1-9-4-2-3-5-11(9)10-6-13(15)12-8-16-17-14(12)7-10/h2-5,8,10,13H,6-7H2,1H3,(H,16,17). The SMILES string of the molecule is Cc1ccccc1C1Cc2[nH]ncc2C(Cl)C1. The van der Waals surface area contributed by atoms with Crippen molar-refractivity contribution in [2.24, 2.45) is 0 Å². The monoisotopic (exact) mass is 246 g/mol. The number of halogens is 1. The molecule has 2 atom stereocenters. The Labute approximate surface area is 106 Å². The number of benzene rings is 1. The third-order valence-electron chi connectivity index (χ3n) is 3.66. The van der Waals surface area contributed by atoms with Crippen LogP contribution in [0.1, 0.15) is 40.1 Å². The second-order valence-corrected chi connectivity index (χ2v) is 5.29. The molecule has 0 aliphatic heterocycles. The molecule has 1 aromatic carbocycles. The van der Waals surface area contributed by atoms with Crippen LogP contribution >= 0.6 is 11.6 Å². The lowest BCUT2D eigenvalue weighted by atomic mass is 9.81. The lowest BCUT2D eigenvalue weighted by Gasteiger charge is -2.26. The molecule has 0 saturated heterocycles. The van der Waals surface area contributed by atoms with Crippen molar-refractivity contribution in [2.75, 3.05) is 0 Å². The van der Waals surface area contributed by atoms with E-state index in [0.29, 0.717) is 5.92 Å². The van der Waals surface area contributed by atoms with Crippen molar-refractivity contribution in [1.82, 2.24) is 10.2 Å². The van der Waals surface area contributed by atoms with Crippen molar-refractivity contribution in [2.45, 2.75) is 31.1 Å². The quantitative estimate of drug-likeness (QED) is 0.764. The van der Waals surface area contributed by atoms with Gasteiger partial charge < -0.3 is 0 Å². The number of H-pyrrole nitrogens is 1. The number of nitrogens with one attached hydrogen (secondary N) is 1. The highest BCUT2D eigenvalue weighted by molar-refractivity contribution is 6.21. The Kier molecular flexibility index (Phi) is 2.67. The van der Waals surface area contributed by atoms with Crippen molar-refractivity contribution in [1.29, 1.82) is 0 Å². The van der Waals surface area contributed by atoms with Crippen LogP contribution in [0.3, 0.4) is 0 Å². The molecule has 17 heavy (non-hydrogen) atoms. The van der Waals surface area contributed by atoms with Gasteiger partial charge in [0.05, 0.1) is 11.6 Å². The van der Waals surface area contributed by atoms with Crippen LogP contribution in [0.25, 0.3) is 0 Å². The molecule has 88 valence electrons. The molecule has 1 aliphatic rings.